The molecule has 0 aromatic heterocycles. The minimum atomic E-state index is -1.53. The first-order valence-corrected chi connectivity index (χ1v) is 14.6. The molecule has 0 heterocycles. The van der Waals surface area contributed by atoms with Gasteiger partial charge in [-0.25, -0.2) is 4.79 Å². The van der Waals surface area contributed by atoms with Gasteiger partial charge in [-0.15, -0.1) is 0 Å². The molecule has 0 aliphatic heterocycles. The number of rotatable bonds is 16. The van der Waals surface area contributed by atoms with Gasteiger partial charge in [0.15, 0.2) is 0 Å². The van der Waals surface area contributed by atoms with Crippen LogP contribution in [0.25, 0.3) is 1.43 Å². The van der Waals surface area contributed by atoms with Crippen molar-refractivity contribution >= 4 is 23.9 Å². The van der Waals surface area contributed by atoms with Gasteiger partial charge in [0, 0.05) is 6.61 Å². The van der Waals surface area contributed by atoms with Gasteiger partial charge in [0.05, 0.1) is 18.6 Å². The summed E-state index contributed by atoms with van der Waals surface area (Å²) in [5.74, 6) is -4.00. The van der Waals surface area contributed by atoms with Gasteiger partial charge in [-0.1, -0.05) is 105 Å². The van der Waals surface area contributed by atoms with E-state index < -0.39 is 47.9 Å². The van der Waals surface area contributed by atoms with Gasteiger partial charge in [-0.05, 0) is 36.0 Å². The minimum absolute atomic E-state index is 0.0292. The van der Waals surface area contributed by atoms with E-state index in [1.54, 1.807) is 68.4 Å². The Morgan fingerprint density at radius 1 is 0.773 bits per heavy atom. The van der Waals surface area contributed by atoms with Crippen LogP contribution in [-0.2, 0) is 36.9 Å². The topological polar surface area (TPSA) is 143 Å². The molecule has 4 atom stereocenters. The van der Waals surface area contributed by atoms with Crippen molar-refractivity contribution < 1.29 is 33.8 Å². The van der Waals surface area contributed by atoms with Crippen molar-refractivity contribution in [2.24, 2.45) is 11.8 Å². The van der Waals surface area contributed by atoms with Gasteiger partial charge < -0.3 is 30.5 Å². The number of carboxylic acids is 1. The van der Waals surface area contributed by atoms with Gasteiger partial charge >= 0.3 is 12.1 Å². The molecule has 0 aliphatic rings. The van der Waals surface area contributed by atoms with Crippen molar-refractivity contribution in [2.45, 2.75) is 51.9 Å². The molecule has 0 bridgehead atoms. The van der Waals surface area contributed by atoms with E-state index in [0.29, 0.717) is 12.2 Å². The second kappa shape index (κ2) is 17.4. The maximum atomic E-state index is 13.9. The van der Waals surface area contributed by atoms with E-state index in [1.165, 1.54) is 0 Å². The van der Waals surface area contributed by atoms with Crippen LogP contribution >= 0.6 is 0 Å². The number of nitrogens with one attached hydrogen (secondary N) is 3. The molecule has 3 aromatic rings. The first kappa shape index (κ1) is 32.2. The Labute approximate surface area is 259 Å². The molecule has 3 rings (SSSR count). The summed E-state index contributed by atoms with van der Waals surface area (Å²) in [7, 11) is 0. The smallest absolute Gasteiger partial charge is 0.408 e. The summed E-state index contributed by atoms with van der Waals surface area (Å²) in [6, 6.07) is 24.0. The Morgan fingerprint density at radius 2 is 1.34 bits per heavy atom. The molecule has 234 valence electrons. The maximum absolute atomic E-state index is 13.9. The molecule has 0 radical (unpaired) electrons. The number of carbonyl (C=O) groups is 4. The SMILES string of the molecule is [2H]OC(=O)C(Cc1ccccc1)[C@H](NC(=O)OCc1ccccc1)C(=O)N[C@H](C(=O)N[C@@H](COCC)c1ccccc1)C(C)C. The van der Waals surface area contributed by atoms with Gasteiger partial charge in [0.25, 0.3) is 1.43 Å². The highest BCUT2D eigenvalue weighted by Crippen LogP contribution is 2.17. The number of aliphatic carboxylic acids is 1. The summed E-state index contributed by atoms with van der Waals surface area (Å²) < 4.78 is 18.2. The van der Waals surface area contributed by atoms with Crippen LogP contribution in [0, 0.1) is 11.8 Å². The predicted molar refractivity (Wildman–Crippen MR) is 165 cm³/mol. The zero-order valence-corrected chi connectivity index (χ0v) is 25.2. The van der Waals surface area contributed by atoms with E-state index in [4.69, 9.17) is 10.9 Å². The number of amides is 3. The van der Waals surface area contributed by atoms with Crippen molar-refractivity contribution in [1.82, 2.24) is 16.0 Å². The Morgan fingerprint density at radius 3 is 1.91 bits per heavy atom. The summed E-state index contributed by atoms with van der Waals surface area (Å²) >= 11 is 0. The molecule has 0 saturated heterocycles. The molecule has 0 saturated carbocycles. The second-order valence-electron chi connectivity index (χ2n) is 10.7. The van der Waals surface area contributed by atoms with E-state index in [-0.39, 0.29) is 25.6 Å². The fraction of sp³-hybridized carbons (Fsp3) is 0.353. The van der Waals surface area contributed by atoms with Crippen molar-refractivity contribution in [3.05, 3.63) is 108 Å². The first-order chi connectivity index (χ1) is 21.7. The van der Waals surface area contributed by atoms with Crippen molar-refractivity contribution in [3.8, 4) is 0 Å². The average molecular weight is 605 g/mol. The third kappa shape index (κ3) is 10.5. The van der Waals surface area contributed by atoms with Crippen molar-refractivity contribution in [3.63, 3.8) is 0 Å². The van der Waals surface area contributed by atoms with Crippen LogP contribution in [0.3, 0.4) is 0 Å². The predicted octanol–water partition coefficient (Wildman–Crippen LogP) is 4.26. The molecule has 0 aliphatic carbocycles. The molecule has 4 N–H and O–H groups in total. The highest BCUT2D eigenvalue weighted by atomic mass is 16.5. The molecule has 44 heavy (non-hydrogen) atoms. The Kier molecular flexibility index (Phi) is 12.8. The summed E-state index contributed by atoms with van der Waals surface area (Å²) in [6.07, 6.45) is -0.986. The van der Waals surface area contributed by atoms with E-state index in [0.717, 1.165) is 11.1 Å². The molecule has 10 heteroatoms. The molecular weight excluding hydrogens is 562 g/mol. The van der Waals surface area contributed by atoms with Crippen LogP contribution in [0.15, 0.2) is 91.0 Å². The average Bonchev–Trinajstić information content (AvgIpc) is 3.06. The zero-order chi connectivity index (χ0) is 32.6. The van der Waals surface area contributed by atoms with Gasteiger partial charge in [0.1, 0.15) is 18.7 Å². The molecule has 3 aromatic carbocycles. The van der Waals surface area contributed by atoms with Crippen LogP contribution in [0.1, 0.15) is 43.5 Å². The summed E-state index contributed by atoms with van der Waals surface area (Å²) in [5, 5.41) is 12.5. The first-order valence-electron chi connectivity index (χ1n) is 15.1. The summed E-state index contributed by atoms with van der Waals surface area (Å²) in [6.45, 7) is 5.97. The lowest BCUT2D eigenvalue weighted by Crippen LogP contribution is -2.59. The van der Waals surface area contributed by atoms with Crippen molar-refractivity contribution in [2.75, 3.05) is 13.2 Å². The lowest BCUT2D eigenvalue weighted by atomic mass is 9.90. The standard InChI is InChI=1S/C34H41N3O7/c1-4-43-22-28(26-18-12-7-13-19-26)35-31(38)29(23(2)3)36-32(39)30(27(33(40)41)20-24-14-8-5-9-15-24)37-34(42)44-21-25-16-10-6-11-17-25/h5-19,23,27-30H,4,20-22H2,1-3H3,(H,35,38)(H,36,39)(H,37,42)(H,40,41)/t27?,28-,29-,30-/m0/s1/i/hD. The number of alkyl carbamates (subject to hydrolysis) is 1. The summed E-state index contributed by atoms with van der Waals surface area (Å²) in [5.41, 5.74) is 2.22. The zero-order valence-electron chi connectivity index (χ0n) is 26.2. The Hall–Kier alpha value is -4.70. The number of hydrogen-bond acceptors (Lipinski definition) is 7. The van der Waals surface area contributed by atoms with Crippen LogP contribution < -0.4 is 16.0 Å². The quantitative estimate of drug-likeness (QED) is 0.191. The Bertz CT molecular complexity index is 1360. The van der Waals surface area contributed by atoms with E-state index in [1.807, 2.05) is 43.3 Å². The van der Waals surface area contributed by atoms with Gasteiger partial charge in [-0.2, -0.15) is 0 Å². The summed E-state index contributed by atoms with van der Waals surface area (Å²) in [4.78, 5) is 53.4. The lowest BCUT2D eigenvalue weighted by molar-refractivity contribution is -0.145. The fourth-order valence-corrected chi connectivity index (χ4v) is 4.63. The number of carboxylic acid groups (broad SMARTS) is 1. The van der Waals surface area contributed by atoms with E-state index >= 15 is 0 Å². The van der Waals surface area contributed by atoms with Crippen molar-refractivity contribution in [1.29, 1.82) is 1.43 Å². The maximum Gasteiger partial charge on any atom is 0.408 e. The molecular formula is C34H41N3O7. The number of ether oxygens (including phenoxy) is 2. The highest BCUT2D eigenvalue weighted by Gasteiger charge is 2.38. The highest BCUT2D eigenvalue weighted by molar-refractivity contribution is 5.94. The molecule has 0 fully saturated rings. The molecule has 1 unspecified atom stereocenters. The van der Waals surface area contributed by atoms with Crippen LogP contribution in [0.2, 0.25) is 0 Å². The third-order valence-electron chi connectivity index (χ3n) is 7.03. The monoisotopic (exact) mass is 604 g/mol. The number of hydrogen-bond donors (Lipinski definition) is 4. The second-order valence-corrected chi connectivity index (χ2v) is 10.7. The number of carbonyl (C=O) groups excluding carboxylic acids is 3. The lowest BCUT2D eigenvalue weighted by Gasteiger charge is -2.29. The molecule has 0 spiro atoms. The van der Waals surface area contributed by atoms with Crippen LogP contribution in [0.4, 0.5) is 4.79 Å². The van der Waals surface area contributed by atoms with E-state index in [9.17, 15) is 19.2 Å². The van der Waals surface area contributed by atoms with E-state index in [2.05, 4.69) is 21.1 Å². The van der Waals surface area contributed by atoms with Crippen LogP contribution in [-0.4, -0.2) is 54.3 Å². The Balaban J connectivity index is 1.86. The molecule has 3 amide bonds. The minimum Gasteiger partial charge on any atom is -0.481 e. The fourth-order valence-electron chi connectivity index (χ4n) is 4.63. The normalized spacial score (nSPS) is 13.9. The van der Waals surface area contributed by atoms with Crippen LogP contribution in [0.5, 0.6) is 0 Å². The molecule has 10 nitrogen and oxygen atoms in total. The largest absolute Gasteiger partial charge is 0.481 e. The van der Waals surface area contributed by atoms with Gasteiger partial charge in [0.2, 0.25) is 11.8 Å². The number of benzene rings is 3. The van der Waals surface area contributed by atoms with Gasteiger partial charge in [-0.3, -0.25) is 14.4 Å². The third-order valence-corrected chi connectivity index (χ3v) is 7.03.